The lowest BCUT2D eigenvalue weighted by Crippen LogP contribution is -2.61. The van der Waals surface area contributed by atoms with E-state index in [1.807, 2.05) is 17.9 Å². The van der Waals surface area contributed by atoms with E-state index in [-0.39, 0.29) is 53.1 Å². The van der Waals surface area contributed by atoms with E-state index >= 15 is 0 Å². The third kappa shape index (κ3) is 3.33. The molecule has 0 bridgehead atoms. The zero-order chi connectivity index (χ0) is 27.0. The molecule has 3 saturated carbocycles. The average Bonchev–Trinajstić information content (AvgIpc) is 3.59. The number of ether oxygens (including phenoxy) is 1. The van der Waals surface area contributed by atoms with Gasteiger partial charge in [0.25, 0.3) is 0 Å². The van der Waals surface area contributed by atoms with Gasteiger partial charge in [-0.05, 0) is 90.4 Å². The van der Waals surface area contributed by atoms with Gasteiger partial charge < -0.3 is 14.3 Å². The highest BCUT2D eigenvalue weighted by atomic mass is 35.5. The molecule has 0 radical (unpaired) electrons. The monoisotopic (exact) mass is 540 g/mol. The molecule has 7 nitrogen and oxygen atoms in total. The van der Waals surface area contributed by atoms with Crippen molar-refractivity contribution in [1.82, 2.24) is 9.78 Å². The number of ketones is 1. The Morgan fingerprint density at radius 2 is 2.13 bits per heavy atom. The number of halogens is 1. The van der Waals surface area contributed by atoms with Crippen LogP contribution in [0, 0.1) is 39.9 Å². The number of hydrogen-bond donors (Lipinski definition) is 1. The molecule has 3 fully saturated rings. The van der Waals surface area contributed by atoms with Crippen molar-refractivity contribution in [3.05, 3.63) is 47.2 Å². The lowest BCUT2D eigenvalue weighted by molar-refractivity contribution is -0.167. The van der Waals surface area contributed by atoms with Crippen LogP contribution in [0.3, 0.4) is 0 Å². The molecule has 0 spiro atoms. The lowest BCUT2D eigenvalue weighted by atomic mass is 9.44. The summed E-state index contributed by atoms with van der Waals surface area (Å²) in [6.07, 6.45) is 9.25. The Balaban J connectivity index is 1.36. The molecule has 0 saturated heterocycles. The minimum atomic E-state index is -0.965. The van der Waals surface area contributed by atoms with E-state index in [4.69, 9.17) is 20.8 Å². The maximum absolute atomic E-state index is 13.8. The first-order valence-corrected chi connectivity index (χ1v) is 14.3. The number of nitrogens with zero attached hydrogens (tertiary/aromatic N) is 2. The number of fused-ring (bicyclic) bond motifs is 6. The summed E-state index contributed by atoms with van der Waals surface area (Å²) in [5.41, 5.74) is 2.14. The van der Waals surface area contributed by atoms with Gasteiger partial charge in [-0.15, -0.1) is 11.6 Å². The van der Waals surface area contributed by atoms with Gasteiger partial charge in [-0.1, -0.05) is 26.3 Å². The molecular weight excluding hydrogens is 504 g/mol. The number of esters is 1. The van der Waals surface area contributed by atoms with Gasteiger partial charge in [0.2, 0.25) is 5.76 Å². The number of carbonyl (C=O) groups is 2. The Labute approximate surface area is 228 Å². The van der Waals surface area contributed by atoms with Gasteiger partial charge in [-0.25, -0.2) is 4.79 Å². The number of rotatable bonds is 5. The Morgan fingerprint density at radius 1 is 1.34 bits per heavy atom. The summed E-state index contributed by atoms with van der Waals surface area (Å²) in [5.74, 6) is -0.195. The molecule has 2 aromatic heterocycles. The van der Waals surface area contributed by atoms with Crippen molar-refractivity contribution in [3.8, 4) is 0 Å². The number of allylic oxidation sites excluding steroid dienone is 1. The molecule has 2 aromatic rings. The van der Waals surface area contributed by atoms with E-state index in [1.165, 1.54) is 23.1 Å². The number of Topliss-reactive ketones (excluding diaryl/α,β-unsaturated/α-hetero) is 1. The first-order chi connectivity index (χ1) is 18.1. The van der Waals surface area contributed by atoms with Crippen LogP contribution in [0.15, 0.2) is 34.6 Å². The number of aliphatic hydroxyl groups excluding tert-OH is 1. The van der Waals surface area contributed by atoms with Crippen LogP contribution < -0.4 is 0 Å². The largest absolute Gasteiger partial charge is 0.459 e. The zero-order valence-electron chi connectivity index (χ0n) is 22.6. The van der Waals surface area contributed by atoms with Gasteiger partial charge >= 0.3 is 5.97 Å². The van der Waals surface area contributed by atoms with E-state index in [0.29, 0.717) is 6.42 Å². The average molecular weight is 541 g/mol. The fraction of sp³-hybridized carbons (Fsp3) is 0.633. The second-order valence-electron chi connectivity index (χ2n) is 12.7. The molecule has 38 heavy (non-hydrogen) atoms. The van der Waals surface area contributed by atoms with Crippen LogP contribution >= 0.6 is 11.6 Å². The molecular formula is C30H37ClN2O5. The third-order valence-electron chi connectivity index (χ3n) is 11.2. The quantitative estimate of drug-likeness (QED) is 0.420. The Hall–Kier alpha value is -2.38. The highest BCUT2D eigenvalue weighted by molar-refractivity contribution is 6.28. The van der Waals surface area contributed by atoms with Crippen LogP contribution in [0.1, 0.15) is 68.3 Å². The fourth-order valence-corrected chi connectivity index (χ4v) is 9.74. The van der Waals surface area contributed by atoms with Gasteiger partial charge in [0.15, 0.2) is 5.78 Å². The van der Waals surface area contributed by atoms with Crippen molar-refractivity contribution in [1.29, 1.82) is 0 Å². The number of aromatic nitrogens is 2. The van der Waals surface area contributed by atoms with Gasteiger partial charge in [-0.3, -0.25) is 9.48 Å². The predicted octanol–water partition coefficient (Wildman–Crippen LogP) is 5.06. The first-order valence-electron chi connectivity index (χ1n) is 13.8. The number of aliphatic hydroxyl groups is 1. The summed E-state index contributed by atoms with van der Waals surface area (Å²) >= 11 is 6.25. The van der Waals surface area contributed by atoms with Crippen molar-refractivity contribution in [3.63, 3.8) is 0 Å². The van der Waals surface area contributed by atoms with Crippen molar-refractivity contribution in [2.75, 3.05) is 12.5 Å². The Kier molecular flexibility index (Phi) is 6.00. The summed E-state index contributed by atoms with van der Waals surface area (Å²) in [7, 11) is 1.98. The highest BCUT2D eigenvalue weighted by Crippen LogP contribution is 2.71. The van der Waals surface area contributed by atoms with Gasteiger partial charge in [0, 0.05) is 7.05 Å². The van der Waals surface area contributed by atoms with Crippen molar-refractivity contribution >= 4 is 29.4 Å². The molecule has 0 amide bonds. The topological polar surface area (TPSA) is 94.6 Å². The molecule has 0 aliphatic heterocycles. The molecule has 2 heterocycles. The van der Waals surface area contributed by atoms with Crippen molar-refractivity contribution in [2.24, 2.45) is 47.0 Å². The Morgan fingerprint density at radius 3 is 2.84 bits per heavy atom. The third-order valence-corrected chi connectivity index (χ3v) is 11.5. The van der Waals surface area contributed by atoms with Crippen LogP contribution in [0.25, 0.3) is 6.08 Å². The maximum atomic E-state index is 13.8. The normalized spacial score (nSPS) is 39.4. The van der Waals surface area contributed by atoms with Gasteiger partial charge in [0.1, 0.15) is 6.61 Å². The van der Waals surface area contributed by atoms with E-state index in [1.54, 1.807) is 12.1 Å². The maximum Gasteiger partial charge on any atom is 0.374 e. The molecule has 1 N–H and O–H groups in total. The van der Waals surface area contributed by atoms with E-state index in [0.717, 1.165) is 25.7 Å². The summed E-state index contributed by atoms with van der Waals surface area (Å²) in [6, 6.07) is 3.19. The number of alkyl halides is 1. The molecule has 4 aliphatic rings. The highest BCUT2D eigenvalue weighted by Gasteiger charge is 2.71. The van der Waals surface area contributed by atoms with Crippen LogP contribution in [0.5, 0.6) is 0 Å². The number of furan rings is 1. The summed E-state index contributed by atoms with van der Waals surface area (Å²) in [6.45, 7) is 6.49. The van der Waals surface area contributed by atoms with Crippen LogP contribution in [0.4, 0.5) is 0 Å². The zero-order valence-corrected chi connectivity index (χ0v) is 23.3. The second kappa shape index (κ2) is 8.82. The van der Waals surface area contributed by atoms with Crippen molar-refractivity contribution < 1.29 is 23.8 Å². The Bertz CT molecular complexity index is 1300. The minimum absolute atomic E-state index is 0.0415. The smallest absolute Gasteiger partial charge is 0.374 e. The number of aryl methyl sites for hydroxylation is 1. The fourth-order valence-electron chi connectivity index (χ4n) is 9.50. The van der Waals surface area contributed by atoms with Crippen LogP contribution in [0.2, 0.25) is 0 Å². The molecule has 1 unspecified atom stereocenters. The number of hydrogen-bond acceptors (Lipinski definition) is 6. The van der Waals surface area contributed by atoms with E-state index in [2.05, 4.69) is 31.9 Å². The molecule has 4 aliphatic carbocycles. The minimum Gasteiger partial charge on any atom is -0.459 e. The molecule has 8 heteroatoms. The molecule has 6 rings (SSSR count). The predicted molar refractivity (Wildman–Crippen MR) is 142 cm³/mol. The summed E-state index contributed by atoms with van der Waals surface area (Å²) < 4.78 is 13.0. The van der Waals surface area contributed by atoms with E-state index in [9.17, 15) is 14.7 Å². The van der Waals surface area contributed by atoms with Crippen LogP contribution in [-0.2, 0) is 23.0 Å². The molecule has 8 atom stereocenters. The first kappa shape index (κ1) is 25.9. The van der Waals surface area contributed by atoms with E-state index < -0.39 is 22.9 Å². The van der Waals surface area contributed by atoms with Crippen molar-refractivity contribution in [2.45, 2.75) is 59.0 Å². The standard InChI is InChI=1S/C30H37ClN2O5/c1-17-10-21-20-8-7-19-11-22-18(15-32-33(22)4)12-28(19,2)26(20)23(34)13-29(21,3)30(17,25(35)14-31)16-38-27(36)24-6-5-9-37-24/h5-6,9,11,15,17,20-21,23,26,34H,7-8,10,12-14,16H2,1-4H3/t17-,20+,21+,23+,26?,28+,29+,30-/m1/s1. The summed E-state index contributed by atoms with van der Waals surface area (Å²) in [5, 5.41) is 16.5. The molecule has 204 valence electrons. The SMILES string of the molecule is C[C@@H]1C[C@H]2[C@@H]3CCC4=Cc5c(cnn5C)C[C@]4(C)C3[C@@H](O)C[C@]2(C)[C@@]1(COC(=O)c1ccco1)C(=O)CCl. The second-order valence-corrected chi connectivity index (χ2v) is 13.0. The molecule has 0 aromatic carbocycles. The lowest BCUT2D eigenvalue weighted by Gasteiger charge is -2.61. The van der Waals surface area contributed by atoms with Crippen LogP contribution in [-0.4, -0.2) is 45.2 Å². The summed E-state index contributed by atoms with van der Waals surface area (Å²) in [4.78, 5) is 26.5. The number of carbonyl (C=O) groups excluding carboxylic acids is 2. The van der Waals surface area contributed by atoms with Gasteiger partial charge in [0.05, 0.1) is 35.6 Å². The van der Waals surface area contributed by atoms with Gasteiger partial charge in [-0.2, -0.15) is 5.10 Å².